The first-order chi connectivity index (χ1) is 58.8. The number of carbonyl (C=O) groups excluding carboxylic acids is 4. The summed E-state index contributed by atoms with van der Waals surface area (Å²) in [6.45, 7) is 5.07. The Labute approximate surface area is 744 Å². The molecule has 7 aromatic rings. The first-order valence-electron chi connectivity index (χ1n) is 38.6. The fourth-order valence-electron chi connectivity index (χ4n) is 15.0. The molecule has 6 saturated carbocycles. The number of hydrogen-bond acceptors (Lipinski definition) is 23. The number of rotatable bonds is 14. The molecule has 7 fully saturated rings. The van der Waals surface area contributed by atoms with Crippen LogP contribution < -0.4 is 21.8 Å². The van der Waals surface area contributed by atoms with E-state index in [0.717, 1.165) is 12.8 Å². The maximum atomic E-state index is 14.7. The number of aliphatic hydroxyl groups excluding tert-OH is 1. The predicted molar refractivity (Wildman–Crippen MR) is 442 cm³/mol. The molecule has 26 nitrogen and oxygen atoms in total. The number of aliphatic hydroxyl groups is 1. The third-order valence-electron chi connectivity index (χ3n) is 21.8. The fourth-order valence-corrected chi connectivity index (χ4v) is 16.6. The molecule has 2 aromatic carbocycles. The Morgan fingerprint density at radius 2 is 0.960 bits per heavy atom. The molecule has 662 valence electrons. The number of alkyl carbamates (subject to hydrolysis) is 1. The largest absolute Gasteiger partial charge is 0.461 e. The van der Waals surface area contributed by atoms with Gasteiger partial charge in [0.05, 0.1) is 23.5 Å². The van der Waals surface area contributed by atoms with Crippen LogP contribution in [0.5, 0.6) is 0 Å². The molecule has 5 aliphatic heterocycles. The van der Waals surface area contributed by atoms with Gasteiger partial charge in [0.25, 0.3) is 23.9 Å². The zero-order valence-corrected chi connectivity index (χ0v) is 74.4. The Balaban J connectivity index is 0.000000133. The van der Waals surface area contributed by atoms with E-state index in [0.29, 0.717) is 70.1 Å². The van der Waals surface area contributed by atoms with Gasteiger partial charge in [0.1, 0.15) is 97.8 Å². The summed E-state index contributed by atoms with van der Waals surface area (Å²) >= 11 is 16.0. The average Bonchev–Trinajstić information content (AvgIpc) is 1.58. The quantitative estimate of drug-likeness (QED) is 0.0499. The highest BCUT2D eigenvalue weighted by Gasteiger charge is 2.65. The topological polar surface area (TPSA) is 332 Å². The molecule has 17 atom stereocenters. The minimum absolute atomic E-state index is 0.00287. The first kappa shape index (κ1) is 92.9. The molecule has 11 aliphatic rings. The molecular weight excluding hydrogens is 1980 g/mol. The number of imide groups is 1. The molecule has 124 heavy (non-hydrogen) atoms. The Morgan fingerprint density at radius 1 is 0.532 bits per heavy atom. The Kier molecular flexibility index (Phi) is 27.9. The number of fused-ring (bicyclic) bond motifs is 5. The van der Waals surface area contributed by atoms with Gasteiger partial charge in [-0.05, 0) is 214 Å². The molecule has 4 unspecified atom stereocenters. The van der Waals surface area contributed by atoms with Crippen molar-refractivity contribution in [3.8, 4) is 0 Å². The number of ether oxygens (including phenoxy) is 5. The molecule has 6 N–H and O–H groups in total. The second kappa shape index (κ2) is 37.3. The molecule has 0 bridgehead atoms. The van der Waals surface area contributed by atoms with Crippen LogP contribution in [0.15, 0.2) is 164 Å². The summed E-state index contributed by atoms with van der Waals surface area (Å²) in [5.74, 6) is -6.26. The van der Waals surface area contributed by atoms with E-state index in [1.165, 1.54) is 67.4 Å². The van der Waals surface area contributed by atoms with E-state index in [4.69, 9.17) is 39.1 Å². The summed E-state index contributed by atoms with van der Waals surface area (Å²) in [6.07, 6.45) is 6.66. The van der Waals surface area contributed by atoms with Gasteiger partial charge in [-0.15, -0.1) is 0 Å². The number of hydroxylamine groups is 1. The molecule has 5 aromatic heterocycles. The lowest BCUT2D eigenvalue weighted by molar-refractivity contribution is 0.00697. The van der Waals surface area contributed by atoms with Crippen LogP contribution in [0.3, 0.4) is 0 Å². The minimum Gasteiger partial charge on any atom is -0.461 e. The van der Waals surface area contributed by atoms with E-state index in [-0.39, 0.29) is 87.6 Å². The highest BCUT2D eigenvalue weighted by atomic mass is 79.9. The van der Waals surface area contributed by atoms with Crippen molar-refractivity contribution in [1.29, 1.82) is 0 Å². The summed E-state index contributed by atoms with van der Waals surface area (Å²) in [5.41, 5.74) is 1.09. The van der Waals surface area contributed by atoms with Crippen molar-refractivity contribution in [2.24, 2.45) is 61.4 Å². The van der Waals surface area contributed by atoms with E-state index >= 15 is 0 Å². The van der Waals surface area contributed by atoms with Crippen molar-refractivity contribution in [3.63, 3.8) is 0 Å². The second-order valence-corrected chi connectivity index (χ2v) is 37.4. The predicted octanol–water partition coefficient (Wildman–Crippen LogP) is 16.1. The van der Waals surface area contributed by atoms with Gasteiger partial charge in [0.2, 0.25) is 29.7 Å². The maximum absolute atomic E-state index is 14.7. The number of hydrogen-bond donors (Lipinski definition) is 5. The van der Waals surface area contributed by atoms with Gasteiger partial charge in [0, 0.05) is 128 Å². The number of carbonyl (C=O) groups is 4. The number of aromatic nitrogens is 5. The number of aliphatic imine (C=N–C) groups is 3. The monoisotopic (exact) mass is 2060 g/mol. The van der Waals surface area contributed by atoms with Crippen LogP contribution in [0.2, 0.25) is 0 Å². The highest BCUT2D eigenvalue weighted by molar-refractivity contribution is 9.11. The zero-order chi connectivity index (χ0) is 89.5. The van der Waals surface area contributed by atoms with Crippen LogP contribution in [0.25, 0.3) is 0 Å². The molecular formula is C82H80Br5F11N14O12. The number of halogens is 16. The standard InChI is InChI=1S/C23H22BrF2N3O4.C18H14BrF2N3O2.C16H18BrF2N3O3.C10H9BrF2N2O.C10H11BrF2N2O.C5H6FNO/c1-22(2,3)33-21(31)29(19(30)13-7-5-4-6-8-13)20-28-23(12-25,15-10-17(15)32-20)16-9-14(24)11-27-18(16)26;19-11-6-13(15(21)22-8-11)18(9-20)12-7-14(12)26-17(24-18)23-16(25)10-4-2-1-3-5-10;1-15(2,3)25-14(23)21-13-22-16(7-18,9-5-11(9)24-13)10-4-8(17)6-20-12(10)19;11-5-1-7(9(13)14-3-5)10(4-12)6-2-8(6)16-15-10;11-5-1-7(9(13)15-3-5)10(14,4-12)6-2-8(6)16;6-2-4-3-1-5(3)8-7-4/h4-9,11,15,17H,10,12H2,1-3H3;1-6,8,12,14H,7,9H2,(H,23,24,25);4,6,9,11H,5,7H2,1-3H3,(H,21,22,23);1,3,6,8,15H,2,4H2;1,3,6,8,16H,2,4,14H2;3,5H,1-2H2/t15-,17+,23-;12-,14+,18-;9-,11+,16-;2*6-,8?,10-;/m00000./s1. The Bertz CT molecular complexity index is 5320. The SMILES string of the molecule is CC(C)(C)OC(=O)N(C(=O)c1ccccc1)C1=N[C@](CF)(c2cc(Br)cnc2F)[C@H]2C[C@H]2O1.CC(C)(C)OC(=O)NC1=N[C@](CF)(c2cc(Br)cnc2F)[C@H]2C[C@H]2O1.FCC1=NOC2CC12.FC[C@]1(c2cc(Br)cnc2F)NOC2C[C@@H]21.N[C@](CF)(c1cc(Br)cnc1F)[C@H]1CC1O.O=C(NC1=N[C@](CF)(c2cc(Br)cnc2F)[C@H]2C[C@H]2O1)c1ccccc1. The number of nitrogens with two attached hydrogens (primary N) is 1. The first-order valence-corrected chi connectivity index (χ1v) is 42.6. The summed E-state index contributed by atoms with van der Waals surface area (Å²) in [5, 5.41) is 17.8. The molecule has 1 saturated heterocycles. The average molecular weight is 2060 g/mol. The van der Waals surface area contributed by atoms with Gasteiger partial charge in [0.15, 0.2) is 0 Å². The number of amidine groups is 3. The van der Waals surface area contributed by atoms with Crippen molar-refractivity contribution in [3.05, 3.63) is 213 Å². The fraction of sp³-hybridized carbons (Fsp3) is 0.451. The molecule has 0 spiro atoms. The number of benzene rings is 2. The molecule has 42 heteroatoms. The number of nitrogens with one attached hydrogen (secondary N) is 3. The normalized spacial score (nSPS) is 28.2. The van der Waals surface area contributed by atoms with Gasteiger partial charge in [-0.2, -0.15) is 32.3 Å². The lowest BCUT2D eigenvalue weighted by Gasteiger charge is -2.34. The summed E-state index contributed by atoms with van der Waals surface area (Å²) in [4.78, 5) is 92.1. The second-order valence-electron chi connectivity index (χ2n) is 32.8. The van der Waals surface area contributed by atoms with Gasteiger partial charge < -0.3 is 39.4 Å². The van der Waals surface area contributed by atoms with Crippen molar-refractivity contribution >= 4 is 127 Å². The molecule has 18 rings (SSSR count). The van der Waals surface area contributed by atoms with E-state index < -0.39 is 163 Å². The summed E-state index contributed by atoms with van der Waals surface area (Å²) in [6, 6.07) is 23.1. The van der Waals surface area contributed by atoms with E-state index in [2.05, 4.69) is 141 Å². The van der Waals surface area contributed by atoms with Crippen molar-refractivity contribution < 1.29 is 106 Å². The highest BCUT2D eigenvalue weighted by Crippen LogP contribution is 2.58. The zero-order valence-electron chi connectivity index (χ0n) is 66.5. The van der Waals surface area contributed by atoms with Crippen LogP contribution in [0.1, 0.15) is 129 Å². The van der Waals surface area contributed by atoms with Crippen LogP contribution in [-0.4, -0.2) is 171 Å². The molecule has 10 heterocycles. The third-order valence-corrected chi connectivity index (χ3v) is 24.0. The maximum Gasteiger partial charge on any atom is 0.425 e. The van der Waals surface area contributed by atoms with Gasteiger partial charge in [-0.3, -0.25) is 19.7 Å². The van der Waals surface area contributed by atoms with Gasteiger partial charge in [-0.1, -0.05) is 41.6 Å². The van der Waals surface area contributed by atoms with Crippen molar-refractivity contribution in [2.75, 3.05) is 40.0 Å². The smallest absolute Gasteiger partial charge is 0.425 e. The number of amides is 4. The molecule has 4 amide bonds. The lowest BCUT2D eigenvalue weighted by Crippen LogP contribution is -2.49. The van der Waals surface area contributed by atoms with Gasteiger partial charge >= 0.3 is 18.2 Å². The van der Waals surface area contributed by atoms with E-state index in [1.54, 1.807) is 96.1 Å². The van der Waals surface area contributed by atoms with Crippen LogP contribution in [0, 0.1) is 65.2 Å². The molecule has 0 radical (unpaired) electrons. The van der Waals surface area contributed by atoms with Crippen molar-refractivity contribution in [2.45, 2.75) is 156 Å². The van der Waals surface area contributed by atoms with E-state index in [1.807, 2.05) is 0 Å². The third kappa shape index (κ3) is 20.3. The van der Waals surface area contributed by atoms with Crippen LogP contribution >= 0.6 is 79.6 Å². The summed E-state index contributed by atoms with van der Waals surface area (Å²) in [7, 11) is 0. The Morgan fingerprint density at radius 3 is 1.35 bits per heavy atom. The number of oxime groups is 1. The van der Waals surface area contributed by atoms with Crippen LogP contribution in [-0.2, 0) is 61.1 Å². The number of pyridine rings is 5. The minimum atomic E-state index is -1.70. The van der Waals surface area contributed by atoms with Crippen LogP contribution in [0.4, 0.5) is 57.9 Å². The summed E-state index contributed by atoms with van der Waals surface area (Å²) < 4.78 is 182. The van der Waals surface area contributed by atoms with E-state index in [9.17, 15) is 72.6 Å². The Hall–Kier alpha value is -8.78. The molecule has 6 aliphatic carbocycles. The van der Waals surface area contributed by atoms with Gasteiger partial charge in [-0.25, -0.2) is 81.1 Å². The lowest BCUT2D eigenvalue weighted by atomic mass is 9.87. The van der Waals surface area contributed by atoms with Crippen molar-refractivity contribution in [1.82, 2.24) is 45.9 Å². The number of nitrogens with zero attached hydrogens (tertiary/aromatic N) is 10. The number of alkyl halides is 6.